The summed E-state index contributed by atoms with van der Waals surface area (Å²) in [6.45, 7) is 6.51. The first-order valence-electron chi connectivity index (χ1n) is 9.12. The predicted octanol–water partition coefficient (Wildman–Crippen LogP) is 3.12. The number of carbonyl (C=O) groups is 3. The summed E-state index contributed by atoms with van der Waals surface area (Å²) in [4.78, 5) is 44.2. The molecule has 0 aliphatic carbocycles. The predicted molar refractivity (Wildman–Crippen MR) is 125 cm³/mol. The highest BCUT2D eigenvalue weighted by molar-refractivity contribution is 8.08. The van der Waals surface area contributed by atoms with E-state index in [0.29, 0.717) is 10.7 Å². The Kier molecular flexibility index (Phi) is 8.62. The van der Waals surface area contributed by atoms with Crippen LogP contribution in [0.2, 0.25) is 0 Å². The smallest absolute Gasteiger partial charge is 0.358 e. The topological polar surface area (TPSA) is 112 Å². The van der Waals surface area contributed by atoms with E-state index in [1.54, 1.807) is 26.3 Å². The fourth-order valence-corrected chi connectivity index (χ4v) is 5.70. The monoisotopic (exact) mass is 505 g/mol. The fraction of sp³-hybridized carbons (Fsp3) is 0.474. The van der Waals surface area contributed by atoms with Crippen LogP contribution in [0.25, 0.3) is 6.08 Å². The van der Waals surface area contributed by atoms with Crippen molar-refractivity contribution in [1.29, 1.82) is 0 Å². The fourth-order valence-electron chi connectivity index (χ4n) is 2.64. The van der Waals surface area contributed by atoms with E-state index in [0.717, 1.165) is 10.6 Å². The number of rotatable bonds is 6. The van der Waals surface area contributed by atoms with Crippen molar-refractivity contribution < 1.29 is 23.9 Å². The SMILES string of the molecule is Cc1ncsc1/C=C\SC1=C(C(=O)OCOC(=O)C(C)(C)C)N2C(=O)[C@@H](N)[C@H]2SC1.Cl. The molecule has 2 aliphatic rings. The maximum absolute atomic E-state index is 12.8. The normalized spacial score (nSPS) is 20.8. The first kappa shape index (κ1) is 25.7. The van der Waals surface area contributed by atoms with Gasteiger partial charge in [-0.2, -0.15) is 0 Å². The molecule has 0 unspecified atom stereocenters. The average molecular weight is 506 g/mol. The van der Waals surface area contributed by atoms with Crippen LogP contribution in [0.5, 0.6) is 0 Å². The maximum atomic E-state index is 12.8. The molecular weight excluding hydrogens is 482 g/mol. The van der Waals surface area contributed by atoms with Gasteiger partial charge in [-0.05, 0) is 39.2 Å². The third-order valence-corrected chi connectivity index (χ3v) is 7.65. The minimum absolute atomic E-state index is 0. The zero-order chi connectivity index (χ0) is 22.1. The van der Waals surface area contributed by atoms with Gasteiger partial charge in [-0.3, -0.25) is 14.5 Å². The summed E-state index contributed by atoms with van der Waals surface area (Å²) in [7, 11) is 0. The molecule has 1 aromatic heterocycles. The molecule has 3 rings (SSSR count). The van der Waals surface area contributed by atoms with Gasteiger partial charge in [-0.25, -0.2) is 9.78 Å². The minimum Gasteiger partial charge on any atom is -0.427 e. The average Bonchev–Trinajstić information content (AvgIpc) is 3.10. The molecule has 0 saturated carbocycles. The summed E-state index contributed by atoms with van der Waals surface area (Å²) in [5, 5.41) is 1.56. The van der Waals surface area contributed by atoms with Crippen LogP contribution in [-0.4, -0.2) is 51.7 Å². The number of hydrogen-bond acceptors (Lipinski definition) is 10. The molecule has 1 fully saturated rings. The molecule has 2 aliphatic heterocycles. The lowest BCUT2D eigenvalue weighted by Crippen LogP contribution is -2.68. The highest BCUT2D eigenvalue weighted by Crippen LogP contribution is 2.43. The number of esters is 2. The molecule has 12 heteroatoms. The molecular formula is C19H24ClN3O5S3. The van der Waals surface area contributed by atoms with Crippen molar-refractivity contribution in [2.45, 2.75) is 39.1 Å². The van der Waals surface area contributed by atoms with Gasteiger partial charge >= 0.3 is 11.9 Å². The lowest BCUT2D eigenvalue weighted by molar-refractivity contribution is -0.173. The molecule has 1 saturated heterocycles. The van der Waals surface area contributed by atoms with Crippen LogP contribution in [0, 0.1) is 12.3 Å². The quantitative estimate of drug-likeness (QED) is 0.354. The Morgan fingerprint density at radius 1 is 1.39 bits per heavy atom. The molecule has 1 amide bonds. The van der Waals surface area contributed by atoms with Crippen LogP contribution in [0.3, 0.4) is 0 Å². The molecule has 0 spiro atoms. The largest absolute Gasteiger partial charge is 0.427 e. The van der Waals surface area contributed by atoms with Crippen LogP contribution >= 0.6 is 47.3 Å². The number of hydrogen-bond donors (Lipinski definition) is 1. The first-order chi connectivity index (χ1) is 14.1. The summed E-state index contributed by atoms with van der Waals surface area (Å²) in [5.74, 6) is -1.01. The minimum atomic E-state index is -0.716. The van der Waals surface area contributed by atoms with E-state index in [4.69, 9.17) is 15.2 Å². The number of aryl methyl sites for hydroxylation is 1. The second kappa shape index (κ2) is 10.4. The van der Waals surface area contributed by atoms with E-state index in [1.807, 2.05) is 18.4 Å². The number of fused-ring (bicyclic) bond motifs is 1. The Balaban J connectivity index is 0.00000341. The number of β-lactam (4-membered cyclic amide) rings is 1. The second-order valence-corrected chi connectivity index (χ2v) is 10.7. The number of carbonyl (C=O) groups excluding carboxylic acids is 3. The van der Waals surface area contributed by atoms with E-state index in [2.05, 4.69) is 4.98 Å². The summed E-state index contributed by atoms with van der Waals surface area (Å²) < 4.78 is 10.2. The zero-order valence-corrected chi connectivity index (χ0v) is 20.7. The van der Waals surface area contributed by atoms with Crippen molar-refractivity contribution in [3.05, 3.63) is 32.1 Å². The van der Waals surface area contributed by atoms with E-state index in [1.165, 1.54) is 39.8 Å². The Hall–Kier alpha value is -1.53. The third kappa shape index (κ3) is 5.64. The van der Waals surface area contributed by atoms with Gasteiger partial charge in [0.25, 0.3) is 0 Å². The zero-order valence-electron chi connectivity index (χ0n) is 17.4. The van der Waals surface area contributed by atoms with Gasteiger partial charge in [0, 0.05) is 10.7 Å². The Labute approximate surface area is 199 Å². The molecule has 3 heterocycles. The van der Waals surface area contributed by atoms with Gasteiger partial charge in [-0.15, -0.1) is 35.5 Å². The van der Waals surface area contributed by atoms with E-state index >= 15 is 0 Å². The van der Waals surface area contributed by atoms with E-state index in [9.17, 15) is 14.4 Å². The standard InChI is InChI=1S/C19H23N3O5S3.ClH/c1-10-11(30-8-21-10)5-6-28-12-7-29-16-13(20)15(23)22(16)14(12)17(24)26-9-27-18(25)19(2,3)4;/h5-6,8,13,16H,7,9,20H2,1-4H3;1H/b6-5-;/t13-,16-;/m1./s1. The summed E-state index contributed by atoms with van der Waals surface area (Å²) in [6.07, 6.45) is 1.92. The van der Waals surface area contributed by atoms with Gasteiger partial charge in [0.15, 0.2) is 0 Å². The lowest BCUT2D eigenvalue weighted by atomic mass is 9.98. The number of aromatic nitrogens is 1. The highest BCUT2D eigenvalue weighted by atomic mass is 35.5. The van der Waals surface area contributed by atoms with Crippen LogP contribution in [-0.2, 0) is 23.9 Å². The first-order valence-corrected chi connectivity index (χ1v) is 11.9. The summed E-state index contributed by atoms with van der Waals surface area (Å²) in [5.41, 5.74) is 8.01. The number of nitrogens with two attached hydrogens (primary N) is 1. The number of thiazole rings is 1. The Morgan fingerprint density at radius 3 is 2.71 bits per heavy atom. The van der Waals surface area contributed by atoms with Crippen molar-refractivity contribution in [2.24, 2.45) is 11.1 Å². The molecule has 8 nitrogen and oxygen atoms in total. The number of halogens is 1. The van der Waals surface area contributed by atoms with E-state index < -0.39 is 30.2 Å². The molecule has 0 aromatic carbocycles. The van der Waals surface area contributed by atoms with Gasteiger partial charge < -0.3 is 15.2 Å². The Bertz CT molecular complexity index is 925. The van der Waals surface area contributed by atoms with Crippen LogP contribution < -0.4 is 5.73 Å². The summed E-state index contributed by atoms with van der Waals surface area (Å²) >= 11 is 4.36. The highest BCUT2D eigenvalue weighted by Gasteiger charge is 2.52. The lowest BCUT2D eigenvalue weighted by Gasteiger charge is -2.48. The molecule has 0 bridgehead atoms. The molecule has 0 radical (unpaired) electrons. The number of thioether (sulfide) groups is 2. The van der Waals surface area contributed by atoms with Crippen LogP contribution in [0.15, 0.2) is 21.5 Å². The van der Waals surface area contributed by atoms with Crippen LogP contribution in [0.4, 0.5) is 0 Å². The molecule has 2 atom stereocenters. The second-order valence-electron chi connectivity index (χ2n) is 7.66. The van der Waals surface area contributed by atoms with Crippen molar-refractivity contribution in [3.63, 3.8) is 0 Å². The number of ether oxygens (including phenoxy) is 2. The van der Waals surface area contributed by atoms with Crippen LogP contribution in [0.1, 0.15) is 31.3 Å². The van der Waals surface area contributed by atoms with Crippen molar-refractivity contribution in [1.82, 2.24) is 9.88 Å². The molecule has 170 valence electrons. The van der Waals surface area contributed by atoms with Gasteiger partial charge in [-0.1, -0.05) is 11.8 Å². The number of nitrogens with zero attached hydrogens (tertiary/aromatic N) is 2. The van der Waals surface area contributed by atoms with Crippen molar-refractivity contribution in [3.8, 4) is 0 Å². The van der Waals surface area contributed by atoms with Gasteiger partial charge in [0.05, 0.1) is 21.5 Å². The molecule has 1 aromatic rings. The maximum Gasteiger partial charge on any atom is 0.358 e. The Morgan fingerprint density at radius 2 is 2.10 bits per heavy atom. The van der Waals surface area contributed by atoms with Gasteiger partial charge in [0.1, 0.15) is 17.1 Å². The van der Waals surface area contributed by atoms with Crippen molar-refractivity contribution in [2.75, 3.05) is 12.5 Å². The van der Waals surface area contributed by atoms with Gasteiger partial charge in [0.2, 0.25) is 12.7 Å². The number of amides is 1. The van der Waals surface area contributed by atoms with Crippen molar-refractivity contribution >= 4 is 71.2 Å². The molecule has 2 N–H and O–H groups in total. The summed E-state index contributed by atoms with van der Waals surface area (Å²) in [6, 6.07) is -0.640. The molecule has 31 heavy (non-hydrogen) atoms. The third-order valence-electron chi connectivity index (χ3n) is 4.37. The van der Waals surface area contributed by atoms with E-state index in [-0.39, 0.29) is 29.4 Å².